The molecule has 0 radical (unpaired) electrons. The Bertz CT molecular complexity index is 1570. The van der Waals surface area contributed by atoms with Gasteiger partial charge in [0.05, 0.1) is 22.8 Å². The molecular formula is C25H16Cl2N4O4. The molecule has 2 aromatic heterocycles. The molecule has 2 aromatic carbocycles. The zero-order valence-corrected chi connectivity index (χ0v) is 19.7. The van der Waals surface area contributed by atoms with Crippen LogP contribution in [0.2, 0.25) is 10.0 Å². The fourth-order valence-electron chi connectivity index (χ4n) is 3.17. The molecule has 0 saturated heterocycles. The molecule has 10 heteroatoms. The van der Waals surface area contributed by atoms with Crippen LogP contribution in [0.3, 0.4) is 0 Å². The zero-order valence-electron chi connectivity index (χ0n) is 18.2. The first-order chi connectivity index (χ1) is 16.9. The molecule has 1 amide bonds. The molecule has 0 atom stereocenters. The van der Waals surface area contributed by atoms with Crippen LogP contribution in [0.1, 0.15) is 5.56 Å². The molecule has 2 heterocycles. The standard InChI is InChI=1S/C25H16Cl2N4O4/c1-34-19-9-2-3-10-20(19)35-24-16(25(33)31-12-5-4-11-21(31)30-24)13-15(14-28)23(32)29-18-8-6-7-17(26)22(18)27/h2-13H,1H3,(H,29,32)/b15-13-. The number of halogens is 2. The van der Waals surface area contributed by atoms with Crippen molar-refractivity contribution in [1.82, 2.24) is 9.38 Å². The third kappa shape index (κ3) is 4.96. The van der Waals surface area contributed by atoms with Crippen molar-refractivity contribution in [3.05, 3.63) is 98.4 Å². The summed E-state index contributed by atoms with van der Waals surface area (Å²) in [5.74, 6) is -0.193. The maximum Gasteiger partial charge on any atom is 0.269 e. The van der Waals surface area contributed by atoms with Crippen molar-refractivity contribution in [2.24, 2.45) is 0 Å². The number of fused-ring (bicyclic) bond motifs is 1. The van der Waals surface area contributed by atoms with Crippen LogP contribution in [0, 0.1) is 11.3 Å². The van der Waals surface area contributed by atoms with Crippen LogP contribution in [0.5, 0.6) is 17.4 Å². The van der Waals surface area contributed by atoms with Gasteiger partial charge in [0, 0.05) is 6.20 Å². The van der Waals surface area contributed by atoms with E-state index in [2.05, 4.69) is 10.3 Å². The van der Waals surface area contributed by atoms with Crippen LogP contribution >= 0.6 is 23.2 Å². The van der Waals surface area contributed by atoms with Crippen molar-refractivity contribution >= 4 is 46.5 Å². The smallest absolute Gasteiger partial charge is 0.269 e. The van der Waals surface area contributed by atoms with Gasteiger partial charge in [-0.2, -0.15) is 10.2 Å². The Morgan fingerprint density at radius 2 is 1.83 bits per heavy atom. The second kappa shape index (κ2) is 10.3. The summed E-state index contributed by atoms with van der Waals surface area (Å²) in [6.07, 6.45) is 2.64. The van der Waals surface area contributed by atoms with Gasteiger partial charge in [0.15, 0.2) is 11.5 Å². The number of ether oxygens (including phenoxy) is 2. The third-order valence-corrected chi connectivity index (χ3v) is 5.68. The lowest BCUT2D eigenvalue weighted by Crippen LogP contribution is -2.20. The van der Waals surface area contributed by atoms with Gasteiger partial charge < -0.3 is 14.8 Å². The lowest BCUT2D eigenvalue weighted by atomic mass is 10.1. The fourth-order valence-corrected chi connectivity index (χ4v) is 3.52. The van der Waals surface area contributed by atoms with E-state index in [0.29, 0.717) is 17.1 Å². The number of nitrogens with one attached hydrogen (secondary N) is 1. The van der Waals surface area contributed by atoms with Gasteiger partial charge >= 0.3 is 0 Å². The highest BCUT2D eigenvalue weighted by atomic mass is 35.5. The Hall–Kier alpha value is -4.32. The number of carbonyl (C=O) groups excluding carboxylic acids is 1. The highest BCUT2D eigenvalue weighted by Crippen LogP contribution is 2.32. The second-order valence-corrected chi connectivity index (χ2v) is 7.83. The zero-order chi connectivity index (χ0) is 24.9. The highest BCUT2D eigenvalue weighted by Gasteiger charge is 2.19. The number of hydrogen-bond donors (Lipinski definition) is 1. The maximum absolute atomic E-state index is 13.3. The van der Waals surface area contributed by atoms with Gasteiger partial charge in [-0.1, -0.05) is 47.5 Å². The molecule has 4 aromatic rings. The van der Waals surface area contributed by atoms with E-state index in [9.17, 15) is 14.9 Å². The van der Waals surface area contributed by atoms with Crippen LogP contribution in [0.25, 0.3) is 11.7 Å². The molecule has 0 aliphatic rings. The van der Waals surface area contributed by atoms with Gasteiger partial charge in [-0.25, -0.2) is 0 Å². The molecule has 8 nitrogen and oxygen atoms in total. The SMILES string of the molecule is COc1ccccc1Oc1nc2ccccn2c(=O)c1/C=C(/C#N)C(=O)Nc1cccc(Cl)c1Cl. The average molecular weight is 507 g/mol. The second-order valence-electron chi connectivity index (χ2n) is 7.04. The summed E-state index contributed by atoms with van der Waals surface area (Å²) >= 11 is 12.1. The molecule has 4 rings (SSSR count). The largest absolute Gasteiger partial charge is 0.493 e. The maximum atomic E-state index is 13.3. The van der Waals surface area contributed by atoms with E-state index in [-0.39, 0.29) is 32.7 Å². The molecular weight excluding hydrogens is 491 g/mol. The van der Waals surface area contributed by atoms with Crippen molar-refractivity contribution in [3.63, 3.8) is 0 Å². The quantitative estimate of drug-likeness (QED) is 0.279. The molecule has 35 heavy (non-hydrogen) atoms. The van der Waals surface area contributed by atoms with Crippen molar-refractivity contribution in [3.8, 4) is 23.4 Å². The topological polar surface area (TPSA) is 106 Å². The van der Waals surface area contributed by atoms with Crippen molar-refractivity contribution < 1.29 is 14.3 Å². The predicted octanol–water partition coefficient (Wildman–Crippen LogP) is 5.35. The first kappa shape index (κ1) is 23.8. The number of pyridine rings is 1. The minimum Gasteiger partial charge on any atom is -0.493 e. The Morgan fingerprint density at radius 1 is 1.09 bits per heavy atom. The Kier molecular flexibility index (Phi) is 7.01. The van der Waals surface area contributed by atoms with Gasteiger partial charge in [0.25, 0.3) is 11.5 Å². The number of para-hydroxylation sites is 2. The number of nitriles is 1. The van der Waals surface area contributed by atoms with Gasteiger partial charge in [-0.05, 0) is 42.5 Å². The number of hydrogen-bond acceptors (Lipinski definition) is 6. The van der Waals surface area contributed by atoms with Crippen LogP contribution in [-0.4, -0.2) is 22.4 Å². The van der Waals surface area contributed by atoms with Crippen LogP contribution < -0.4 is 20.3 Å². The molecule has 0 saturated carbocycles. The summed E-state index contributed by atoms with van der Waals surface area (Å²) < 4.78 is 12.5. The summed E-state index contributed by atoms with van der Waals surface area (Å²) in [5.41, 5.74) is -0.497. The molecule has 174 valence electrons. The summed E-state index contributed by atoms with van der Waals surface area (Å²) in [5, 5.41) is 12.6. The van der Waals surface area contributed by atoms with Crippen molar-refractivity contribution in [2.45, 2.75) is 0 Å². The Balaban J connectivity index is 1.83. The first-order valence-electron chi connectivity index (χ1n) is 10.1. The predicted molar refractivity (Wildman–Crippen MR) is 133 cm³/mol. The summed E-state index contributed by atoms with van der Waals surface area (Å²) in [7, 11) is 1.48. The van der Waals surface area contributed by atoms with E-state index >= 15 is 0 Å². The van der Waals surface area contributed by atoms with Gasteiger partial charge in [-0.15, -0.1) is 0 Å². The van der Waals surface area contributed by atoms with E-state index in [0.717, 1.165) is 6.08 Å². The summed E-state index contributed by atoms with van der Waals surface area (Å²) in [6, 6.07) is 18.3. The van der Waals surface area contributed by atoms with E-state index in [4.69, 9.17) is 32.7 Å². The molecule has 0 aliphatic carbocycles. The van der Waals surface area contributed by atoms with Crippen molar-refractivity contribution in [1.29, 1.82) is 5.26 Å². The lowest BCUT2D eigenvalue weighted by molar-refractivity contribution is -0.112. The van der Waals surface area contributed by atoms with E-state index in [1.807, 2.05) is 6.07 Å². The molecule has 0 aliphatic heterocycles. The number of carbonyl (C=O) groups is 1. The van der Waals surface area contributed by atoms with Crippen LogP contribution in [-0.2, 0) is 4.79 Å². The Morgan fingerprint density at radius 3 is 2.57 bits per heavy atom. The average Bonchev–Trinajstić information content (AvgIpc) is 2.87. The number of amides is 1. The Labute approximate surface area is 209 Å². The minimum atomic E-state index is -0.794. The number of nitrogens with zero attached hydrogens (tertiary/aromatic N) is 3. The normalized spacial score (nSPS) is 11.1. The van der Waals surface area contributed by atoms with Crippen molar-refractivity contribution in [2.75, 3.05) is 12.4 Å². The van der Waals surface area contributed by atoms with E-state index in [1.54, 1.807) is 54.6 Å². The third-order valence-electron chi connectivity index (χ3n) is 4.86. The molecule has 0 spiro atoms. The molecule has 0 bridgehead atoms. The highest BCUT2D eigenvalue weighted by molar-refractivity contribution is 6.44. The number of anilines is 1. The number of aromatic nitrogens is 2. The number of rotatable bonds is 6. The van der Waals surface area contributed by atoms with Gasteiger partial charge in [0.1, 0.15) is 22.9 Å². The minimum absolute atomic E-state index is 0.105. The number of benzene rings is 2. The van der Waals surface area contributed by atoms with E-state index < -0.39 is 11.5 Å². The summed E-state index contributed by atoms with van der Waals surface area (Å²) in [6.45, 7) is 0. The van der Waals surface area contributed by atoms with Gasteiger partial charge in [0.2, 0.25) is 5.88 Å². The first-order valence-corrected chi connectivity index (χ1v) is 10.9. The molecule has 0 unspecified atom stereocenters. The monoisotopic (exact) mass is 506 g/mol. The van der Waals surface area contributed by atoms with Crippen LogP contribution in [0.15, 0.2) is 77.2 Å². The lowest BCUT2D eigenvalue weighted by Gasteiger charge is -2.12. The summed E-state index contributed by atoms with van der Waals surface area (Å²) in [4.78, 5) is 30.6. The molecule has 1 N–H and O–H groups in total. The number of methoxy groups -OCH3 is 1. The molecule has 0 fully saturated rings. The van der Waals surface area contributed by atoms with Gasteiger partial charge in [-0.3, -0.25) is 14.0 Å². The van der Waals surface area contributed by atoms with Crippen LogP contribution in [0.4, 0.5) is 5.69 Å². The van der Waals surface area contributed by atoms with E-state index in [1.165, 1.54) is 23.8 Å². The fraction of sp³-hybridized carbons (Fsp3) is 0.0400.